The van der Waals surface area contributed by atoms with Gasteiger partial charge in [-0.25, -0.2) is 4.39 Å². The quantitative estimate of drug-likeness (QED) is 0.632. The van der Waals surface area contributed by atoms with Crippen molar-refractivity contribution in [3.8, 4) is 5.75 Å². The number of hydrogen-bond acceptors (Lipinski definition) is 4. The maximum atomic E-state index is 14.1. The van der Waals surface area contributed by atoms with Gasteiger partial charge < -0.3 is 9.15 Å². The molecule has 0 radical (unpaired) electrons. The second-order valence-electron chi connectivity index (χ2n) is 4.39. The summed E-state index contributed by atoms with van der Waals surface area (Å²) in [6.45, 7) is 0. The van der Waals surface area contributed by atoms with Gasteiger partial charge in [0.1, 0.15) is 11.3 Å². The fourth-order valence-electron chi connectivity index (χ4n) is 2.08. The Labute approximate surface area is 125 Å². The zero-order valence-corrected chi connectivity index (χ0v) is 12.4. The van der Waals surface area contributed by atoms with Gasteiger partial charge in [-0.05, 0) is 24.3 Å². The molecule has 2 aromatic carbocycles. The first-order chi connectivity index (χ1) is 10.0. The first-order valence-corrected chi connectivity index (χ1v) is 6.74. The Balaban J connectivity index is 2.66. The van der Waals surface area contributed by atoms with Crippen LogP contribution in [0.2, 0.25) is 0 Å². The van der Waals surface area contributed by atoms with Gasteiger partial charge in [0.15, 0.2) is 11.4 Å². The van der Waals surface area contributed by atoms with E-state index in [9.17, 15) is 14.0 Å². The summed E-state index contributed by atoms with van der Waals surface area (Å²) >= 11 is 3.22. The van der Waals surface area contributed by atoms with Crippen molar-refractivity contribution in [2.45, 2.75) is 0 Å². The molecule has 1 heterocycles. The topological polar surface area (TPSA) is 56.5 Å². The second-order valence-corrected chi connectivity index (χ2v) is 5.30. The summed E-state index contributed by atoms with van der Waals surface area (Å²) in [6.07, 6.45) is 0. The van der Waals surface area contributed by atoms with E-state index in [0.29, 0.717) is 4.47 Å². The molecule has 106 valence electrons. The van der Waals surface area contributed by atoms with Gasteiger partial charge in [-0.3, -0.25) is 9.59 Å². The minimum atomic E-state index is -0.834. The molecule has 0 amide bonds. The van der Waals surface area contributed by atoms with E-state index in [-0.39, 0.29) is 27.7 Å². The molecule has 0 saturated heterocycles. The highest BCUT2D eigenvalue weighted by Crippen LogP contribution is 2.24. The third kappa shape index (κ3) is 2.21. The van der Waals surface area contributed by atoms with Crippen molar-refractivity contribution in [2.24, 2.45) is 0 Å². The van der Waals surface area contributed by atoms with E-state index in [2.05, 4.69) is 15.9 Å². The molecule has 0 atom stereocenters. The number of ether oxygens (including phenoxy) is 1. The van der Waals surface area contributed by atoms with Crippen LogP contribution in [0.15, 0.2) is 48.8 Å². The molecule has 0 aliphatic heterocycles. The predicted octanol–water partition coefficient (Wildman–Crippen LogP) is 3.22. The second kappa shape index (κ2) is 4.96. The van der Waals surface area contributed by atoms with Crippen LogP contribution in [-0.4, -0.2) is 7.11 Å². The van der Waals surface area contributed by atoms with Gasteiger partial charge in [0.05, 0.1) is 17.9 Å². The molecule has 0 saturated carbocycles. The van der Waals surface area contributed by atoms with Gasteiger partial charge in [-0.15, -0.1) is 0 Å². The molecule has 0 N–H and O–H groups in total. The molecule has 0 aliphatic rings. The lowest BCUT2D eigenvalue weighted by Crippen LogP contribution is -2.21. The number of benzene rings is 2. The van der Waals surface area contributed by atoms with Gasteiger partial charge in [0.25, 0.3) is 0 Å². The highest BCUT2D eigenvalue weighted by molar-refractivity contribution is 9.10. The van der Waals surface area contributed by atoms with Crippen molar-refractivity contribution in [3.63, 3.8) is 0 Å². The molecule has 21 heavy (non-hydrogen) atoms. The number of hydrogen-bond donors (Lipinski definition) is 0. The van der Waals surface area contributed by atoms with E-state index in [1.165, 1.54) is 25.3 Å². The van der Waals surface area contributed by atoms with E-state index in [1.54, 1.807) is 6.07 Å². The lowest BCUT2D eigenvalue weighted by molar-refractivity contribution is 0.411. The van der Waals surface area contributed by atoms with Gasteiger partial charge in [-0.2, -0.15) is 0 Å². The molecule has 1 aromatic heterocycles. The molecule has 3 rings (SSSR count). The minimum Gasteiger partial charge on any atom is -0.497 e. The highest BCUT2D eigenvalue weighted by Gasteiger charge is 2.13. The summed E-state index contributed by atoms with van der Waals surface area (Å²) in [6, 6.07) is 7.00. The third-order valence-electron chi connectivity index (χ3n) is 3.10. The monoisotopic (exact) mass is 350 g/mol. The summed E-state index contributed by atoms with van der Waals surface area (Å²) in [5.41, 5.74) is -1.72. The summed E-state index contributed by atoms with van der Waals surface area (Å²) in [7, 11) is 1.34. The van der Waals surface area contributed by atoms with E-state index < -0.39 is 16.7 Å². The maximum Gasteiger partial charge on any atom is 0.237 e. The Morgan fingerprint density at radius 3 is 2.52 bits per heavy atom. The van der Waals surface area contributed by atoms with Crippen LogP contribution in [0.4, 0.5) is 4.39 Å². The van der Waals surface area contributed by atoms with Crippen LogP contribution in [0.25, 0.3) is 21.9 Å². The molecule has 0 spiro atoms. The van der Waals surface area contributed by atoms with E-state index >= 15 is 0 Å². The van der Waals surface area contributed by atoms with Crippen molar-refractivity contribution in [3.05, 3.63) is 61.1 Å². The zero-order valence-electron chi connectivity index (χ0n) is 10.8. The molecule has 4 nitrogen and oxygen atoms in total. The Morgan fingerprint density at radius 1 is 1.10 bits per heavy atom. The molecule has 3 aromatic rings. The van der Waals surface area contributed by atoms with E-state index in [0.717, 1.165) is 6.07 Å². The minimum absolute atomic E-state index is 0.0870. The van der Waals surface area contributed by atoms with Crippen LogP contribution in [-0.2, 0) is 0 Å². The number of rotatable bonds is 1. The normalized spacial score (nSPS) is 11.0. The fourth-order valence-corrected chi connectivity index (χ4v) is 2.44. The Kier molecular flexibility index (Phi) is 3.25. The fraction of sp³-hybridized carbons (Fsp3) is 0.0667. The average molecular weight is 351 g/mol. The van der Waals surface area contributed by atoms with Crippen molar-refractivity contribution in [1.82, 2.24) is 0 Å². The lowest BCUT2D eigenvalue weighted by Gasteiger charge is -2.00. The van der Waals surface area contributed by atoms with Crippen molar-refractivity contribution < 1.29 is 13.5 Å². The van der Waals surface area contributed by atoms with Crippen LogP contribution >= 0.6 is 15.9 Å². The van der Waals surface area contributed by atoms with Crippen molar-refractivity contribution >= 4 is 37.9 Å². The Bertz CT molecular complexity index is 994. The summed E-state index contributed by atoms with van der Waals surface area (Å²) < 4.78 is 25.1. The van der Waals surface area contributed by atoms with Crippen LogP contribution in [0.5, 0.6) is 5.75 Å². The molecular weight excluding hydrogens is 343 g/mol. The first-order valence-electron chi connectivity index (χ1n) is 5.95. The van der Waals surface area contributed by atoms with Gasteiger partial charge in [0, 0.05) is 10.5 Å². The molecule has 0 bridgehead atoms. The highest BCUT2D eigenvalue weighted by atomic mass is 79.9. The van der Waals surface area contributed by atoms with E-state index in [4.69, 9.17) is 9.15 Å². The molecule has 0 fully saturated rings. The number of halogens is 2. The molecular formula is C15H8BrFO4. The summed E-state index contributed by atoms with van der Waals surface area (Å²) in [4.78, 5) is 24.5. The zero-order chi connectivity index (χ0) is 15.1. The van der Waals surface area contributed by atoms with E-state index in [1.807, 2.05) is 0 Å². The Hall–Kier alpha value is -2.21. The Morgan fingerprint density at radius 2 is 1.81 bits per heavy atom. The number of methoxy groups -OCH3 is 1. The van der Waals surface area contributed by atoms with Crippen molar-refractivity contribution in [1.29, 1.82) is 0 Å². The summed E-state index contributed by atoms with van der Waals surface area (Å²) in [5, 5.41) is -0.0619. The predicted molar refractivity (Wildman–Crippen MR) is 80.5 cm³/mol. The smallest absolute Gasteiger partial charge is 0.237 e. The standard InChI is InChI=1S/C15H8BrFO4/c1-20-8-5-10-14(19)13(18)9-4-7(16)2-3-12(9)21-15(10)11(17)6-8/h2-6H,1H3. The van der Waals surface area contributed by atoms with Gasteiger partial charge in [0.2, 0.25) is 10.9 Å². The third-order valence-corrected chi connectivity index (χ3v) is 3.60. The molecule has 6 heteroatoms. The molecule has 0 unspecified atom stereocenters. The van der Waals surface area contributed by atoms with Crippen molar-refractivity contribution in [2.75, 3.05) is 7.11 Å². The summed E-state index contributed by atoms with van der Waals surface area (Å²) in [5.74, 6) is -0.621. The maximum absolute atomic E-state index is 14.1. The lowest BCUT2D eigenvalue weighted by atomic mass is 10.2. The van der Waals surface area contributed by atoms with Gasteiger partial charge >= 0.3 is 0 Å². The first kappa shape index (κ1) is 13.8. The largest absolute Gasteiger partial charge is 0.497 e. The average Bonchev–Trinajstić information content (AvgIpc) is 2.57. The SMILES string of the molecule is COc1cc(F)c2oc3ccc(Br)cc3c(=O)c(=O)c2c1. The van der Waals surface area contributed by atoms with Crippen LogP contribution in [0.1, 0.15) is 0 Å². The van der Waals surface area contributed by atoms with Crippen LogP contribution < -0.4 is 15.6 Å². The van der Waals surface area contributed by atoms with Gasteiger partial charge in [-0.1, -0.05) is 15.9 Å². The van der Waals surface area contributed by atoms with Crippen LogP contribution in [0, 0.1) is 5.82 Å². The molecule has 0 aliphatic carbocycles. The number of fused-ring (bicyclic) bond motifs is 2. The van der Waals surface area contributed by atoms with Crippen LogP contribution in [0.3, 0.4) is 0 Å².